The molecule has 0 unspecified atom stereocenters. The number of carbonyl (C=O) groups excluding carboxylic acids is 2. The largest absolute Gasteiger partial charge is 0.479 e. The number of fused-ring (bicyclic) bond motifs is 1. The van der Waals surface area contributed by atoms with Gasteiger partial charge in [0.1, 0.15) is 11.5 Å². The van der Waals surface area contributed by atoms with E-state index >= 15 is 0 Å². The van der Waals surface area contributed by atoms with E-state index in [2.05, 4.69) is 15.9 Å². The minimum Gasteiger partial charge on any atom is -0.479 e. The van der Waals surface area contributed by atoms with Crippen molar-refractivity contribution in [1.29, 1.82) is 0 Å². The summed E-state index contributed by atoms with van der Waals surface area (Å²) in [6, 6.07) is 12.4. The summed E-state index contributed by atoms with van der Waals surface area (Å²) in [7, 11) is 0. The molecule has 1 atom stereocenters. The lowest BCUT2D eigenvalue weighted by atomic mass is 10.1. The van der Waals surface area contributed by atoms with Crippen LogP contribution in [0.2, 0.25) is 0 Å². The number of benzene rings is 2. The third kappa shape index (κ3) is 3.96. The standard InChI is InChI=1S/C20H17BrO5/c1-3-24-20(23)12(2)25-15-7-8-16-17(11-15)26-18(19(16)22)10-13-5-4-6-14(21)9-13/h4-12H,3H2,1-2H3/t12-/m0/s1. The van der Waals surface area contributed by atoms with Crippen molar-refractivity contribution in [3.8, 4) is 11.5 Å². The molecule has 5 nitrogen and oxygen atoms in total. The van der Waals surface area contributed by atoms with Gasteiger partial charge in [0.15, 0.2) is 11.9 Å². The Morgan fingerprint density at radius 1 is 1.27 bits per heavy atom. The topological polar surface area (TPSA) is 61.8 Å². The molecule has 0 bridgehead atoms. The van der Waals surface area contributed by atoms with Crippen molar-refractivity contribution < 1.29 is 23.8 Å². The van der Waals surface area contributed by atoms with Crippen molar-refractivity contribution in [3.05, 3.63) is 63.8 Å². The van der Waals surface area contributed by atoms with Gasteiger partial charge >= 0.3 is 5.97 Å². The first-order valence-electron chi connectivity index (χ1n) is 8.15. The van der Waals surface area contributed by atoms with Crippen LogP contribution in [-0.2, 0) is 9.53 Å². The Morgan fingerprint density at radius 2 is 2.08 bits per heavy atom. The molecule has 3 rings (SSSR count). The van der Waals surface area contributed by atoms with Gasteiger partial charge in [0.2, 0.25) is 5.78 Å². The minimum atomic E-state index is -0.748. The van der Waals surface area contributed by atoms with Gasteiger partial charge in [0.25, 0.3) is 0 Å². The molecule has 0 amide bonds. The number of hydrogen-bond acceptors (Lipinski definition) is 5. The number of ketones is 1. The van der Waals surface area contributed by atoms with Crippen LogP contribution in [0.5, 0.6) is 11.5 Å². The molecule has 26 heavy (non-hydrogen) atoms. The molecule has 1 aliphatic heterocycles. The Hall–Kier alpha value is -2.60. The van der Waals surface area contributed by atoms with Crippen LogP contribution < -0.4 is 9.47 Å². The van der Waals surface area contributed by atoms with E-state index in [-0.39, 0.29) is 18.1 Å². The molecule has 1 aliphatic rings. The molecule has 0 aliphatic carbocycles. The lowest BCUT2D eigenvalue weighted by Gasteiger charge is -2.13. The van der Waals surface area contributed by atoms with Gasteiger partial charge in [-0.3, -0.25) is 4.79 Å². The van der Waals surface area contributed by atoms with Gasteiger partial charge < -0.3 is 14.2 Å². The fourth-order valence-corrected chi connectivity index (χ4v) is 2.92. The van der Waals surface area contributed by atoms with E-state index in [1.54, 1.807) is 38.1 Å². The van der Waals surface area contributed by atoms with Crippen LogP contribution in [-0.4, -0.2) is 24.5 Å². The average molecular weight is 417 g/mol. The van der Waals surface area contributed by atoms with E-state index in [9.17, 15) is 9.59 Å². The van der Waals surface area contributed by atoms with E-state index in [1.807, 2.05) is 24.3 Å². The number of ether oxygens (including phenoxy) is 3. The van der Waals surface area contributed by atoms with Gasteiger partial charge in [-0.25, -0.2) is 4.79 Å². The maximum Gasteiger partial charge on any atom is 0.347 e. The van der Waals surface area contributed by atoms with Gasteiger partial charge in [-0.05, 0) is 49.8 Å². The summed E-state index contributed by atoms with van der Waals surface area (Å²) in [6.45, 7) is 3.63. The van der Waals surface area contributed by atoms with E-state index in [0.29, 0.717) is 17.1 Å². The second-order valence-corrected chi connectivity index (χ2v) is 6.58. The summed E-state index contributed by atoms with van der Waals surface area (Å²) in [5, 5.41) is 0. The summed E-state index contributed by atoms with van der Waals surface area (Å²) in [6.07, 6.45) is 0.941. The predicted octanol–water partition coefficient (Wildman–Crippen LogP) is 4.40. The smallest absolute Gasteiger partial charge is 0.347 e. The Balaban J connectivity index is 1.79. The normalized spacial score (nSPS) is 15.3. The number of rotatable bonds is 5. The maximum atomic E-state index is 12.5. The number of halogens is 1. The highest BCUT2D eigenvalue weighted by atomic mass is 79.9. The molecule has 0 aromatic heterocycles. The Morgan fingerprint density at radius 3 is 2.81 bits per heavy atom. The van der Waals surface area contributed by atoms with E-state index in [0.717, 1.165) is 10.0 Å². The van der Waals surface area contributed by atoms with Crippen molar-refractivity contribution >= 4 is 33.8 Å². The fraction of sp³-hybridized carbons (Fsp3) is 0.200. The summed E-state index contributed by atoms with van der Waals surface area (Å²) < 4.78 is 17.1. The molecule has 0 N–H and O–H groups in total. The molecule has 1 heterocycles. The molecule has 0 saturated carbocycles. The molecule has 0 spiro atoms. The van der Waals surface area contributed by atoms with E-state index < -0.39 is 12.1 Å². The quantitative estimate of drug-likeness (QED) is 0.533. The van der Waals surface area contributed by atoms with Gasteiger partial charge in [-0.2, -0.15) is 0 Å². The predicted molar refractivity (Wildman–Crippen MR) is 100 cm³/mol. The molecular formula is C20H17BrO5. The van der Waals surface area contributed by atoms with Gasteiger partial charge in [0.05, 0.1) is 12.2 Å². The number of hydrogen-bond donors (Lipinski definition) is 0. The maximum absolute atomic E-state index is 12.5. The van der Waals surface area contributed by atoms with Crippen LogP contribution in [0.1, 0.15) is 29.8 Å². The van der Waals surface area contributed by atoms with Crippen molar-refractivity contribution in [3.63, 3.8) is 0 Å². The Labute approximate surface area is 159 Å². The lowest BCUT2D eigenvalue weighted by Crippen LogP contribution is -2.26. The minimum absolute atomic E-state index is 0.190. The van der Waals surface area contributed by atoms with Crippen molar-refractivity contribution in [1.82, 2.24) is 0 Å². The third-order valence-corrected chi connectivity index (χ3v) is 4.21. The van der Waals surface area contributed by atoms with Crippen molar-refractivity contribution in [2.45, 2.75) is 20.0 Å². The highest BCUT2D eigenvalue weighted by Gasteiger charge is 2.28. The molecule has 2 aromatic rings. The summed E-state index contributed by atoms with van der Waals surface area (Å²) in [5.41, 5.74) is 1.31. The van der Waals surface area contributed by atoms with Gasteiger partial charge in [-0.1, -0.05) is 28.1 Å². The van der Waals surface area contributed by atoms with Crippen molar-refractivity contribution in [2.24, 2.45) is 0 Å². The van der Waals surface area contributed by atoms with Crippen LogP contribution >= 0.6 is 15.9 Å². The summed E-state index contributed by atoms with van der Waals surface area (Å²) in [5.74, 6) is 0.449. The van der Waals surface area contributed by atoms with Crippen LogP contribution in [0.4, 0.5) is 0 Å². The third-order valence-electron chi connectivity index (χ3n) is 3.72. The number of carbonyl (C=O) groups is 2. The zero-order valence-electron chi connectivity index (χ0n) is 14.3. The lowest BCUT2D eigenvalue weighted by molar-refractivity contribution is -0.150. The highest BCUT2D eigenvalue weighted by Crippen LogP contribution is 2.35. The number of Topliss-reactive ketones (excluding diaryl/α,β-unsaturated/α-hetero) is 1. The monoisotopic (exact) mass is 416 g/mol. The first-order valence-corrected chi connectivity index (χ1v) is 8.94. The summed E-state index contributed by atoms with van der Waals surface area (Å²) >= 11 is 3.40. The summed E-state index contributed by atoms with van der Waals surface area (Å²) in [4.78, 5) is 24.2. The molecule has 0 radical (unpaired) electrons. The zero-order chi connectivity index (χ0) is 18.7. The Kier molecular flexibility index (Phi) is 5.42. The SMILES string of the molecule is CCOC(=O)[C@H](C)Oc1ccc2c(c1)OC(=Cc1cccc(Br)c1)C2=O. The molecule has 6 heteroatoms. The zero-order valence-corrected chi connectivity index (χ0v) is 15.9. The van der Waals surface area contributed by atoms with E-state index in [1.165, 1.54) is 0 Å². The first kappa shape index (κ1) is 18.2. The molecular weight excluding hydrogens is 400 g/mol. The molecule has 0 saturated heterocycles. The highest BCUT2D eigenvalue weighted by molar-refractivity contribution is 9.10. The van der Waals surface area contributed by atoms with Gasteiger partial charge in [0, 0.05) is 10.5 Å². The van der Waals surface area contributed by atoms with E-state index in [4.69, 9.17) is 14.2 Å². The number of esters is 1. The number of allylic oxidation sites excluding steroid dienone is 1. The molecule has 0 fully saturated rings. The second-order valence-electron chi connectivity index (χ2n) is 5.66. The van der Waals surface area contributed by atoms with Crippen LogP contribution in [0, 0.1) is 0 Å². The van der Waals surface area contributed by atoms with Crippen LogP contribution in [0.25, 0.3) is 6.08 Å². The van der Waals surface area contributed by atoms with Crippen LogP contribution in [0.3, 0.4) is 0 Å². The Bertz CT molecular complexity index is 888. The molecule has 134 valence electrons. The van der Waals surface area contributed by atoms with Crippen molar-refractivity contribution in [2.75, 3.05) is 6.61 Å². The molecule has 2 aromatic carbocycles. The average Bonchev–Trinajstić information content (AvgIpc) is 2.90. The second kappa shape index (κ2) is 7.74. The fourth-order valence-electron chi connectivity index (χ4n) is 2.50. The van der Waals surface area contributed by atoms with Crippen LogP contribution in [0.15, 0.2) is 52.7 Å². The first-order chi connectivity index (χ1) is 12.5. The van der Waals surface area contributed by atoms with Gasteiger partial charge in [-0.15, -0.1) is 0 Å².